The third-order valence-corrected chi connectivity index (χ3v) is 4.60. The Bertz CT molecular complexity index is 869. The highest BCUT2D eigenvalue weighted by Crippen LogP contribution is 2.26. The minimum absolute atomic E-state index is 0.0470. The molecule has 0 saturated heterocycles. The van der Waals surface area contributed by atoms with Crippen LogP contribution in [0, 0.1) is 0 Å². The van der Waals surface area contributed by atoms with Crippen molar-refractivity contribution in [3.63, 3.8) is 0 Å². The summed E-state index contributed by atoms with van der Waals surface area (Å²) < 4.78 is 0.730. The van der Waals surface area contributed by atoms with Crippen molar-refractivity contribution in [2.75, 3.05) is 6.54 Å². The van der Waals surface area contributed by atoms with Gasteiger partial charge in [0.05, 0.1) is 11.1 Å². The van der Waals surface area contributed by atoms with E-state index in [9.17, 15) is 14.4 Å². The van der Waals surface area contributed by atoms with Crippen LogP contribution in [-0.2, 0) is 11.3 Å². The number of carbonyl (C=O) groups is 3. The van der Waals surface area contributed by atoms with E-state index in [0.29, 0.717) is 22.7 Å². The summed E-state index contributed by atoms with van der Waals surface area (Å²) in [6, 6.07) is 12.1. The average molecular weight is 422 g/mol. The molecule has 1 aliphatic heterocycles. The number of imide groups is 1. The quantitative estimate of drug-likeness (QED) is 0.753. The molecule has 25 heavy (non-hydrogen) atoms. The molecule has 0 atom stereocenters. The van der Waals surface area contributed by atoms with E-state index in [1.165, 1.54) is 0 Å². The molecule has 3 rings (SSSR count). The molecule has 0 aromatic heterocycles. The molecule has 1 aliphatic rings. The number of fused-ring (bicyclic) bond motifs is 1. The number of amides is 3. The van der Waals surface area contributed by atoms with Crippen molar-refractivity contribution in [1.82, 2.24) is 10.2 Å². The van der Waals surface area contributed by atoms with E-state index in [0.717, 1.165) is 14.9 Å². The first kappa shape index (κ1) is 17.6. The minimum Gasteiger partial charge on any atom is -0.352 e. The lowest BCUT2D eigenvalue weighted by Gasteiger charge is -2.13. The molecule has 2 aromatic rings. The zero-order valence-corrected chi connectivity index (χ0v) is 15.4. The summed E-state index contributed by atoms with van der Waals surface area (Å²) >= 11 is 9.18. The van der Waals surface area contributed by atoms with E-state index in [2.05, 4.69) is 21.2 Å². The Balaban J connectivity index is 1.56. The molecular formula is C18H14BrClN2O3. The van der Waals surface area contributed by atoms with Gasteiger partial charge in [0.2, 0.25) is 5.91 Å². The Morgan fingerprint density at radius 2 is 1.84 bits per heavy atom. The molecule has 5 nitrogen and oxygen atoms in total. The van der Waals surface area contributed by atoms with Gasteiger partial charge in [0.25, 0.3) is 11.8 Å². The molecule has 2 aromatic carbocycles. The molecule has 0 radical (unpaired) electrons. The number of benzene rings is 2. The molecule has 1 N–H and O–H groups in total. The summed E-state index contributed by atoms with van der Waals surface area (Å²) in [5, 5.41) is 3.36. The Hall–Kier alpha value is -2.18. The fourth-order valence-corrected chi connectivity index (χ4v) is 3.19. The lowest BCUT2D eigenvalue weighted by Crippen LogP contribution is -2.34. The molecule has 7 heteroatoms. The lowest BCUT2D eigenvalue weighted by molar-refractivity contribution is -0.121. The smallest absolute Gasteiger partial charge is 0.261 e. The van der Waals surface area contributed by atoms with Crippen LogP contribution in [0.5, 0.6) is 0 Å². The largest absolute Gasteiger partial charge is 0.352 e. The summed E-state index contributed by atoms with van der Waals surface area (Å²) in [6.07, 6.45) is 0.0488. The van der Waals surface area contributed by atoms with E-state index < -0.39 is 0 Å². The Labute approximate surface area is 158 Å². The predicted molar refractivity (Wildman–Crippen MR) is 97.4 cm³/mol. The van der Waals surface area contributed by atoms with Crippen LogP contribution in [0.3, 0.4) is 0 Å². The van der Waals surface area contributed by atoms with Gasteiger partial charge in [-0.2, -0.15) is 0 Å². The van der Waals surface area contributed by atoms with E-state index >= 15 is 0 Å². The van der Waals surface area contributed by atoms with Crippen molar-refractivity contribution < 1.29 is 14.4 Å². The SMILES string of the molecule is O=C(CCN1C(=O)c2ccc(Br)cc2C1=O)NCc1cccc(Cl)c1. The van der Waals surface area contributed by atoms with Gasteiger partial charge in [-0.05, 0) is 35.9 Å². The zero-order chi connectivity index (χ0) is 18.0. The molecule has 0 aliphatic carbocycles. The van der Waals surface area contributed by atoms with Gasteiger partial charge in [0.1, 0.15) is 0 Å². The molecule has 128 valence electrons. The number of hydrogen-bond acceptors (Lipinski definition) is 3. The fraction of sp³-hybridized carbons (Fsp3) is 0.167. The maximum absolute atomic E-state index is 12.3. The summed E-state index contributed by atoms with van der Waals surface area (Å²) in [5.41, 5.74) is 1.61. The lowest BCUT2D eigenvalue weighted by atomic mass is 10.1. The van der Waals surface area contributed by atoms with Crippen LogP contribution in [0.1, 0.15) is 32.7 Å². The highest BCUT2D eigenvalue weighted by atomic mass is 79.9. The van der Waals surface area contributed by atoms with Crippen LogP contribution in [-0.4, -0.2) is 29.2 Å². The van der Waals surface area contributed by atoms with E-state index in [4.69, 9.17) is 11.6 Å². The molecule has 3 amide bonds. The third-order valence-electron chi connectivity index (χ3n) is 3.87. The van der Waals surface area contributed by atoms with Crippen molar-refractivity contribution in [3.05, 3.63) is 68.7 Å². The first-order valence-corrected chi connectivity index (χ1v) is 8.79. The molecule has 0 fully saturated rings. The maximum atomic E-state index is 12.3. The van der Waals surface area contributed by atoms with Crippen LogP contribution in [0.4, 0.5) is 0 Å². The average Bonchev–Trinajstić information content (AvgIpc) is 2.82. The number of nitrogens with zero attached hydrogens (tertiary/aromatic N) is 1. The van der Waals surface area contributed by atoms with Gasteiger partial charge in [0, 0.05) is 29.0 Å². The second-order valence-electron chi connectivity index (χ2n) is 5.61. The van der Waals surface area contributed by atoms with Crippen molar-refractivity contribution in [1.29, 1.82) is 0 Å². The van der Waals surface area contributed by atoms with Gasteiger partial charge in [-0.1, -0.05) is 39.7 Å². The van der Waals surface area contributed by atoms with Gasteiger partial charge in [-0.25, -0.2) is 0 Å². The van der Waals surface area contributed by atoms with Crippen LogP contribution < -0.4 is 5.32 Å². The molecule has 0 spiro atoms. The van der Waals surface area contributed by atoms with Crippen LogP contribution in [0.25, 0.3) is 0 Å². The summed E-state index contributed by atoms with van der Waals surface area (Å²) in [7, 11) is 0. The van der Waals surface area contributed by atoms with Crippen LogP contribution in [0.15, 0.2) is 46.9 Å². The van der Waals surface area contributed by atoms with Crippen LogP contribution in [0.2, 0.25) is 5.02 Å². The van der Waals surface area contributed by atoms with Crippen molar-refractivity contribution in [3.8, 4) is 0 Å². The molecule has 0 unspecified atom stereocenters. The van der Waals surface area contributed by atoms with Gasteiger partial charge < -0.3 is 5.32 Å². The normalized spacial score (nSPS) is 13.1. The highest BCUT2D eigenvalue weighted by Gasteiger charge is 2.35. The second-order valence-corrected chi connectivity index (χ2v) is 6.96. The van der Waals surface area contributed by atoms with Crippen LogP contribution >= 0.6 is 27.5 Å². The number of hydrogen-bond donors (Lipinski definition) is 1. The van der Waals surface area contributed by atoms with Crippen molar-refractivity contribution in [2.45, 2.75) is 13.0 Å². The van der Waals surface area contributed by atoms with Gasteiger partial charge >= 0.3 is 0 Å². The number of halogens is 2. The monoisotopic (exact) mass is 420 g/mol. The number of rotatable bonds is 5. The first-order chi connectivity index (χ1) is 12.0. The Morgan fingerprint density at radius 3 is 2.60 bits per heavy atom. The van der Waals surface area contributed by atoms with E-state index in [1.54, 1.807) is 36.4 Å². The predicted octanol–water partition coefficient (Wildman–Crippen LogP) is 3.41. The summed E-state index contributed by atoms with van der Waals surface area (Å²) in [6.45, 7) is 0.389. The fourth-order valence-electron chi connectivity index (χ4n) is 2.62. The molecular weight excluding hydrogens is 408 g/mol. The Morgan fingerprint density at radius 1 is 1.08 bits per heavy atom. The Kier molecular flexibility index (Phi) is 5.20. The van der Waals surface area contributed by atoms with Gasteiger partial charge in [-0.3, -0.25) is 19.3 Å². The van der Waals surface area contributed by atoms with E-state index in [1.807, 2.05) is 6.07 Å². The topological polar surface area (TPSA) is 66.5 Å². The highest BCUT2D eigenvalue weighted by molar-refractivity contribution is 9.10. The summed E-state index contributed by atoms with van der Waals surface area (Å²) in [4.78, 5) is 37.7. The molecule has 0 saturated carbocycles. The zero-order valence-electron chi connectivity index (χ0n) is 13.1. The van der Waals surface area contributed by atoms with Gasteiger partial charge in [-0.15, -0.1) is 0 Å². The summed E-state index contributed by atoms with van der Waals surface area (Å²) in [5.74, 6) is -0.975. The first-order valence-electron chi connectivity index (χ1n) is 7.62. The molecule has 0 bridgehead atoms. The second kappa shape index (κ2) is 7.37. The van der Waals surface area contributed by atoms with Gasteiger partial charge in [0.15, 0.2) is 0 Å². The molecule has 1 heterocycles. The number of nitrogens with one attached hydrogen (secondary N) is 1. The van der Waals surface area contributed by atoms with E-state index in [-0.39, 0.29) is 30.7 Å². The standard InChI is InChI=1S/C18H14BrClN2O3/c19-12-4-5-14-15(9-12)18(25)22(17(14)24)7-6-16(23)21-10-11-2-1-3-13(20)8-11/h1-5,8-9H,6-7,10H2,(H,21,23). The third kappa shape index (κ3) is 3.91. The maximum Gasteiger partial charge on any atom is 0.261 e. The number of carbonyl (C=O) groups excluding carboxylic acids is 3. The van der Waals surface area contributed by atoms with Crippen molar-refractivity contribution >= 4 is 45.3 Å². The van der Waals surface area contributed by atoms with Crippen molar-refractivity contribution in [2.24, 2.45) is 0 Å². The minimum atomic E-state index is -0.371.